The molecule has 3 nitrogen and oxygen atoms in total. The zero-order valence-electron chi connectivity index (χ0n) is 11.9. The summed E-state index contributed by atoms with van der Waals surface area (Å²) in [4.78, 5) is 12.7. The average Bonchev–Trinajstić information content (AvgIpc) is 2.37. The van der Waals surface area contributed by atoms with Crippen molar-refractivity contribution in [3.63, 3.8) is 0 Å². The van der Waals surface area contributed by atoms with Gasteiger partial charge >= 0.3 is 0 Å². The first kappa shape index (κ1) is 12.2. The molecule has 4 bridgehead atoms. The lowest BCUT2D eigenvalue weighted by Crippen LogP contribution is -2.55. The summed E-state index contributed by atoms with van der Waals surface area (Å²) in [6.45, 7) is 2.02. The highest BCUT2D eigenvalue weighted by Gasteiger charge is 2.52. The molecular weight excluding hydrogens is 248 g/mol. The van der Waals surface area contributed by atoms with Crippen LogP contribution in [0, 0.1) is 36.0 Å². The maximum absolute atomic E-state index is 12.7. The van der Waals surface area contributed by atoms with E-state index in [1.165, 1.54) is 19.3 Å². The number of aryl methyl sites for hydroxylation is 1. The molecule has 3 heteroatoms. The average molecular weight is 268 g/mol. The predicted molar refractivity (Wildman–Crippen MR) is 76.3 cm³/mol. The fourth-order valence-electron chi connectivity index (χ4n) is 5.64. The van der Waals surface area contributed by atoms with Gasteiger partial charge in [-0.2, -0.15) is 5.26 Å². The molecule has 0 aliphatic heterocycles. The summed E-state index contributed by atoms with van der Waals surface area (Å²) in [7, 11) is 0. The Labute approximate surface area is 119 Å². The Kier molecular flexibility index (Phi) is 2.42. The first-order chi connectivity index (χ1) is 9.61. The number of nitriles is 1. The number of aromatic nitrogens is 1. The molecule has 104 valence electrons. The topological polar surface area (TPSA) is 45.8 Å². The van der Waals surface area contributed by atoms with Crippen molar-refractivity contribution >= 4 is 0 Å². The molecule has 1 aromatic rings. The van der Waals surface area contributed by atoms with Crippen molar-refractivity contribution in [2.75, 3.05) is 0 Å². The minimum Gasteiger partial charge on any atom is -0.306 e. The van der Waals surface area contributed by atoms with Gasteiger partial charge in [0.1, 0.15) is 11.6 Å². The molecule has 0 atom stereocenters. The highest BCUT2D eigenvalue weighted by molar-refractivity contribution is 5.29. The van der Waals surface area contributed by atoms with Gasteiger partial charge in [-0.05, 0) is 75.3 Å². The van der Waals surface area contributed by atoms with Gasteiger partial charge in [-0.15, -0.1) is 0 Å². The minimum absolute atomic E-state index is 0.0166. The van der Waals surface area contributed by atoms with Crippen LogP contribution < -0.4 is 5.56 Å². The van der Waals surface area contributed by atoms with E-state index in [1.54, 1.807) is 6.07 Å². The molecule has 4 aliphatic carbocycles. The normalized spacial score (nSPS) is 37.9. The van der Waals surface area contributed by atoms with Crippen LogP contribution in [0.25, 0.3) is 0 Å². The maximum Gasteiger partial charge on any atom is 0.269 e. The molecule has 0 unspecified atom stereocenters. The van der Waals surface area contributed by atoms with E-state index in [9.17, 15) is 4.79 Å². The van der Waals surface area contributed by atoms with Gasteiger partial charge in [0, 0.05) is 11.2 Å². The first-order valence-electron chi connectivity index (χ1n) is 7.74. The molecule has 4 saturated carbocycles. The van der Waals surface area contributed by atoms with Gasteiger partial charge < -0.3 is 4.57 Å². The number of hydrogen-bond acceptors (Lipinski definition) is 2. The standard InChI is InChI=1S/C17H20N2O/c1-11-2-3-15(10-18)16(20)19(11)17-7-12-4-13(8-17)6-14(5-12)9-17/h2-3,12-14H,4-9H2,1H3. The van der Waals surface area contributed by atoms with Crippen LogP contribution in [0.4, 0.5) is 0 Å². The summed E-state index contributed by atoms with van der Waals surface area (Å²) < 4.78 is 2.00. The second-order valence-electron chi connectivity index (χ2n) is 7.28. The molecule has 0 saturated heterocycles. The largest absolute Gasteiger partial charge is 0.306 e. The summed E-state index contributed by atoms with van der Waals surface area (Å²) in [5.41, 5.74) is 1.28. The van der Waals surface area contributed by atoms with E-state index in [-0.39, 0.29) is 11.1 Å². The Morgan fingerprint density at radius 2 is 1.70 bits per heavy atom. The summed E-state index contributed by atoms with van der Waals surface area (Å²) in [6.07, 6.45) is 7.54. The lowest BCUT2D eigenvalue weighted by Gasteiger charge is -2.57. The lowest BCUT2D eigenvalue weighted by atomic mass is 9.53. The number of nitrogens with zero attached hydrogens (tertiary/aromatic N) is 2. The predicted octanol–water partition coefficient (Wildman–Crippen LogP) is 2.95. The highest BCUT2D eigenvalue weighted by Crippen LogP contribution is 2.58. The summed E-state index contributed by atoms with van der Waals surface area (Å²) in [5, 5.41) is 9.15. The van der Waals surface area contributed by atoms with Gasteiger partial charge in [-0.1, -0.05) is 0 Å². The Morgan fingerprint density at radius 3 is 2.20 bits per heavy atom. The zero-order chi connectivity index (χ0) is 13.9. The van der Waals surface area contributed by atoms with Gasteiger partial charge in [-0.25, -0.2) is 0 Å². The van der Waals surface area contributed by atoms with Crippen LogP contribution in [0.3, 0.4) is 0 Å². The zero-order valence-corrected chi connectivity index (χ0v) is 11.9. The molecule has 4 fully saturated rings. The molecule has 0 radical (unpaired) electrons. The SMILES string of the molecule is Cc1ccc(C#N)c(=O)n1C12CC3CC(CC(C3)C1)C2. The van der Waals surface area contributed by atoms with Crippen LogP contribution in [-0.4, -0.2) is 4.57 Å². The van der Waals surface area contributed by atoms with E-state index in [4.69, 9.17) is 5.26 Å². The maximum atomic E-state index is 12.7. The van der Waals surface area contributed by atoms with E-state index in [2.05, 4.69) is 6.07 Å². The van der Waals surface area contributed by atoms with E-state index >= 15 is 0 Å². The molecule has 5 rings (SSSR count). The summed E-state index contributed by atoms with van der Waals surface area (Å²) in [5.74, 6) is 2.41. The van der Waals surface area contributed by atoms with Crippen LogP contribution in [-0.2, 0) is 5.54 Å². The van der Waals surface area contributed by atoms with Crippen LogP contribution in [0.2, 0.25) is 0 Å². The van der Waals surface area contributed by atoms with Gasteiger partial charge in [0.15, 0.2) is 0 Å². The molecular formula is C17H20N2O. The van der Waals surface area contributed by atoms with E-state index in [0.29, 0.717) is 5.56 Å². The van der Waals surface area contributed by atoms with E-state index < -0.39 is 0 Å². The van der Waals surface area contributed by atoms with E-state index in [0.717, 1.165) is 42.7 Å². The molecule has 1 heterocycles. The third-order valence-electron chi connectivity index (χ3n) is 5.88. The Hall–Kier alpha value is -1.56. The minimum atomic E-state index is -0.0607. The van der Waals surface area contributed by atoms with Crippen LogP contribution >= 0.6 is 0 Å². The first-order valence-corrected chi connectivity index (χ1v) is 7.74. The van der Waals surface area contributed by atoms with Crippen molar-refractivity contribution in [3.05, 3.63) is 33.7 Å². The fraction of sp³-hybridized carbons (Fsp3) is 0.647. The van der Waals surface area contributed by atoms with E-state index in [1.807, 2.05) is 17.6 Å². The Morgan fingerprint density at radius 1 is 1.15 bits per heavy atom. The number of hydrogen-bond donors (Lipinski definition) is 0. The van der Waals surface area contributed by atoms with Crippen LogP contribution in [0.1, 0.15) is 49.8 Å². The molecule has 0 aromatic carbocycles. The summed E-state index contributed by atoms with van der Waals surface area (Å²) in [6, 6.07) is 5.68. The molecule has 4 aliphatic rings. The molecule has 0 amide bonds. The second-order valence-corrected chi connectivity index (χ2v) is 7.28. The smallest absolute Gasteiger partial charge is 0.269 e. The third kappa shape index (κ3) is 1.54. The van der Waals surface area contributed by atoms with Crippen molar-refractivity contribution in [1.29, 1.82) is 5.26 Å². The van der Waals surface area contributed by atoms with Crippen molar-refractivity contribution in [2.45, 2.75) is 51.0 Å². The highest BCUT2D eigenvalue weighted by atomic mass is 16.1. The van der Waals surface area contributed by atoms with Crippen molar-refractivity contribution < 1.29 is 0 Å². The number of pyridine rings is 1. The van der Waals surface area contributed by atoms with Gasteiger partial charge in [0.05, 0.1) is 0 Å². The van der Waals surface area contributed by atoms with Crippen molar-refractivity contribution in [1.82, 2.24) is 4.57 Å². The van der Waals surface area contributed by atoms with Gasteiger partial charge in [0.25, 0.3) is 5.56 Å². The van der Waals surface area contributed by atoms with Crippen molar-refractivity contribution in [3.8, 4) is 6.07 Å². The van der Waals surface area contributed by atoms with Gasteiger partial charge in [-0.3, -0.25) is 4.79 Å². The monoisotopic (exact) mass is 268 g/mol. The molecule has 1 aromatic heterocycles. The Balaban J connectivity index is 1.89. The fourth-order valence-corrected chi connectivity index (χ4v) is 5.64. The van der Waals surface area contributed by atoms with Crippen LogP contribution in [0.15, 0.2) is 16.9 Å². The van der Waals surface area contributed by atoms with Crippen LogP contribution in [0.5, 0.6) is 0 Å². The quantitative estimate of drug-likeness (QED) is 0.786. The third-order valence-corrected chi connectivity index (χ3v) is 5.88. The lowest BCUT2D eigenvalue weighted by molar-refractivity contribution is -0.0458. The second kappa shape index (κ2) is 3.97. The van der Waals surface area contributed by atoms with Gasteiger partial charge in [0.2, 0.25) is 0 Å². The molecule has 0 N–H and O–H groups in total. The summed E-state index contributed by atoms with van der Waals surface area (Å²) >= 11 is 0. The molecule has 0 spiro atoms. The Bertz CT molecular complexity index is 629. The molecule has 20 heavy (non-hydrogen) atoms. The number of rotatable bonds is 1. The van der Waals surface area contributed by atoms with Crippen molar-refractivity contribution in [2.24, 2.45) is 17.8 Å².